The summed E-state index contributed by atoms with van der Waals surface area (Å²) in [6.45, 7) is 2.68. The third-order valence-corrected chi connectivity index (χ3v) is 2.59. The maximum absolute atomic E-state index is 5.30. The summed E-state index contributed by atoms with van der Waals surface area (Å²) in [5, 5.41) is 7.36. The van der Waals surface area contributed by atoms with Crippen LogP contribution in [-0.4, -0.2) is 26.3 Å². The van der Waals surface area contributed by atoms with Crippen LogP contribution < -0.4 is 16.6 Å². The third kappa shape index (κ3) is 2.95. The van der Waals surface area contributed by atoms with Crippen LogP contribution in [-0.2, 0) is 13.5 Å². The number of nitrogen functional groups attached to an aromatic ring is 1. The first-order valence-corrected chi connectivity index (χ1v) is 5.72. The number of hydrogen-bond donors (Lipinski definition) is 3. The van der Waals surface area contributed by atoms with Crippen molar-refractivity contribution in [3.8, 4) is 0 Å². The van der Waals surface area contributed by atoms with Gasteiger partial charge in [-0.05, 0) is 13.0 Å². The van der Waals surface area contributed by atoms with Crippen molar-refractivity contribution in [1.29, 1.82) is 0 Å². The minimum atomic E-state index is 0.415. The lowest BCUT2D eigenvalue weighted by molar-refractivity contribution is 0.711. The van der Waals surface area contributed by atoms with Crippen LogP contribution in [0.1, 0.15) is 11.4 Å². The van der Waals surface area contributed by atoms with Gasteiger partial charge in [-0.25, -0.2) is 10.8 Å². The van der Waals surface area contributed by atoms with Crippen molar-refractivity contribution in [2.45, 2.75) is 13.3 Å². The van der Waals surface area contributed by atoms with E-state index in [2.05, 4.69) is 25.8 Å². The van der Waals surface area contributed by atoms with E-state index in [4.69, 9.17) is 5.84 Å². The van der Waals surface area contributed by atoms with E-state index in [0.29, 0.717) is 5.95 Å². The number of nitrogens with zero attached hydrogens (tertiary/aromatic N) is 4. The van der Waals surface area contributed by atoms with Gasteiger partial charge in [-0.3, -0.25) is 10.1 Å². The predicted octanol–water partition coefficient (Wildman–Crippen LogP) is 0.459. The molecule has 0 amide bonds. The Morgan fingerprint density at radius 3 is 2.89 bits per heavy atom. The van der Waals surface area contributed by atoms with Crippen molar-refractivity contribution in [2.24, 2.45) is 12.9 Å². The molecule has 0 bridgehead atoms. The Morgan fingerprint density at radius 1 is 1.39 bits per heavy atom. The van der Waals surface area contributed by atoms with E-state index < -0.39 is 0 Å². The highest BCUT2D eigenvalue weighted by atomic mass is 15.3. The van der Waals surface area contributed by atoms with Crippen molar-refractivity contribution in [3.63, 3.8) is 0 Å². The minimum absolute atomic E-state index is 0.415. The minimum Gasteiger partial charge on any atom is -0.370 e. The number of anilines is 2. The highest BCUT2D eigenvalue weighted by Gasteiger charge is 2.02. The molecule has 2 rings (SSSR count). The van der Waals surface area contributed by atoms with Crippen LogP contribution in [0, 0.1) is 6.92 Å². The van der Waals surface area contributed by atoms with Crippen molar-refractivity contribution in [1.82, 2.24) is 19.7 Å². The molecule has 0 radical (unpaired) electrons. The largest absolute Gasteiger partial charge is 0.370 e. The van der Waals surface area contributed by atoms with E-state index in [1.807, 2.05) is 30.8 Å². The summed E-state index contributed by atoms with van der Waals surface area (Å²) >= 11 is 0. The number of nitrogens with two attached hydrogens (primary N) is 1. The third-order valence-electron chi connectivity index (χ3n) is 2.59. The molecule has 2 aromatic heterocycles. The Bertz CT molecular complexity index is 520. The van der Waals surface area contributed by atoms with Gasteiger partial charge in [0.2, 0.25) is 5.95 Å². The van der Waals surface area contributed by atoms with Gasteiger partial charge in [0.05, 0.1) is 0 Å². The zero-order valence-electron chi connectivity index (χ0n) is 10.5. The lowest BCUT2D eigenvalue weighted by atomic mass is 10.3. The SMILES string of the molecule is Cc1cc(NCCc2ccnn2C)nc(NN)n1. The van der Waals surface area contributed by atoms with E-state index >= 15 is 0 Å². The van der Waals surface area contributed by atoms with Crippen molar-refractivity contribution < 1.29 is 0 Å². The van der Waals surface area contributed by atoms with E-state index in [1.165, 1.54) is 5.69 Å². The number of aromatic nitrogens is 4. The molecular formula is C11H17N7. The van der Waals surface area contributed by atoms with Crippen LogP contribution >= 0.6 is 0 Å². The fourth-order valence-electron chi connectivity index (χ4n) is 1.69. The highest BCUT2D eigenvalue weighted by Crippen LogP contribution is 2.08. The topological polar surface area (TPSA) is 93.7 Å². The number of aryl methyl sites for hydroxylation is 2. The van der Waals surface area contributed by atoms with E-state index in [0.717, 1.165) is 24.5 Å². The summed E-state index contributed by atoms with van der Waals surface area (Å²) in [6, 6.07) is 3.88. The van der Waals surface area contributed by atoms with Crippen molar-refractivity contribution in [3.05, 3.63) is 29.7 Å². The van der Waals surface area contributed by atoms with Gasteiger partial charge in [-0.1, -0.05) is 0 Å². The van der Waals surface area contributed by atoms with Crippen LogP contribution in [0.25, 0.3) is 0 Å². The second kappa shape index (κ2) is 5.46. The Kier molecular flexibility index (Phi) is 3.73. The van der Waals surface area contributed by atoms with Crippen molar-refractivity contribution in [2.75, 3.05) is 17.3 Å². The van der Waals surface area contributed by atoms with Crippen LogP contribution in [0.2, 0.25) is 0 Å². The van der Waals surface area contributed by atoms with Gasteiger partial charge < -0.3 is 5.32 Å². The van der Waals surface area contributed by atoms with Gasteiger partial charge in [0, 0.05) is 43.7 Å². The van der Waals surface area contributed by atoms with Gasteiger partial charge in [0.25, 0.3) is 0 Å². The molecule has 7 nitrogen and oxygen atoms in total. The molecule has 0 saturated heterocycles. The maximum Gasteiger partial charge on any atom is 0.239 e. The summed E-state index contributed by atoms with van der Waals surface area (Å²) in [5.74, 6) is 6.48. The average molecular weight is 247 g/mol. The van der Waals surface area contributed by atoms with Crippen molar-refractivity contribution >= 4 is 11.8 Å². The second-order valence-corrected chi connectivity index (χ2v) is 3.99. The highest BCUT2D eigenvalue weighted by molar-refractivity contribution is 5.41. The van der Waals surface area contributed by atoms with Gasteiger partial charge in [-0.15, -0.1) is 0 Å². The lowest BCUT2D eigenvalue weighted by Gasteiger charge is -2.08. The Morgan fingerprint density at radius 2 is 2.22 bits per heavy atom. The van der Waals surface area contributed by atoms with Gasteiger partial charge in [0.15, 0.2) is 0 Å². The van der Waals surface area contributed by atoms with E-state index in [9.17, 15) is 0 Å². The quantitative estimate of drug-likeness (QED) is 0.525. The molecule has 0 aliphatic heterocycles. The molecule has 0 spiro atoms. The molecule has 7 heteroatoms. The monoisotopic (exact) mass is 247 g/mol. The lowest BCUT2D eigenvalue weighted by Crippen LogP contribution is -2.14. The molecular weight excluding hydrogens is 230 g/mol. The summed E-state index contributed by atoms with van der Waals surface area (Å²) in [6.07, 6.45) is 2.67. The molecule has 0 fully saturated rings. The number of hydrazine groups is 1. The standard InChI is InChI=1S/C11H17N7/c1-8-7-10(16-11(15-8)17-12)13-5-3-9-4-6-14-18(9)2/h4,6-7H,3,5,12H2,1-2H3,(H2,13,15,16,17). The molecule has 0 unspecified atom stereocenters. The van der Waals surface area contributed by atoms with Crippen LogP contribution in [0.4, 0.5) is 11.8 Å². The summed E-state index contributed by atoms with van der Waals surface area (Å²) in [5.41, 5.74) is 4.48. The number of hydrogen-bond acceptors (Lipinski definition) is 6. The summed E-state index contributed by atoms with van der Waals surface area (Å²) in [4.78, 5) is 8.34. The Hall–Kier alpha value is -2.15. The molecule has 0 saturated carbocycles. The Balaban J connectivity index is 1.94. The molecule has 0 atom stereocenters. The maximum atomic E-state index is 5.30. The van der Waals surface area contributed by atoms with Gasteiger partial charge in [-0.2, -0.15) is 10.1 Å². The molecule has 96 valence electrons. The molecule has 0 aliphatic rings. The average Bonchev–Trinajstić information content (AvgIpc) is 2.74. The summed E-state index contributed by atoms with van der Waals surface area (Å²) in [7, 11) is 1.93. The summed E-state index contributed by atoms with van der Waals surface area (Å²) < 4.78 is 1.86. The van der Waals surface area contributed by atoms with Crippen LogP contribution in [0.5, 0.6) is 0 Å². The second-order valence-electron chi connectivity index (χ2n) is 3.99. The van der Waals surface area contributed by atoms with Gasteiger partial charge in [0.1, 0.15) is 5.82 Å². The normalized spacial score (nSPS) is 10.4. The zero-order chi connectivity index (χ0) is 13.0. The molecule has 2 heterocycles. The first kappa shape index (κ1) is 12.3. The molecule has 0 aliphatic carbocycles. The van der Waals surface area contributed by atoms with E-state index in [-0.39, 0.29) is 0 Å². The van der Waals surface area contributed by atoms with Crippen LogP contribution in [0.3, 0.4) is 0 Å². The molecule has 18 heavy (non-hydrogen) atoms. The molecule has 4 N–H and O–H groups in total. The first-order chi connectivity index (χ1) is 8.69. The smallest absolute Gasteiger partial charge is 0.239 e. The number of nitrogens with one attached hydrogen (secondary N) is 2. The van der Waals surface area contributed by atoms with Gasteiger partial charge >= 0.3 is 0 Å². The number of rotatable bonds is 5. The fraction of sp³-hybridized carbons (Fsp3) is 0.364. The van der Waals surface area contributed by atoms with Crippen LogP contribution in [0.15, 0.2) is 18.3 Å². The van der Waals surface area contributed by atoms with E-state index in [1.54, 1.807) is 6.20 Å². The first-order valence-electron chi connectivity index (χ1n) is 5.72. The molecule has 2 aromatic rings. The fourth-order valence-corrected chi connectivity index (χ4v) is 1.69. The predicted molar refractivity (Wildman–Crippen MR) is 70.0 cm³/mol. The zero-order valence-corrected chi connectivity index (χ0v) is 10.5. The molecule has 0 aromatic carbocycles. The Labute approximate surface area is 105 Å².